The van der Waals surface area contributed by atoms with Crippen LogP contribution in [0.1, 0.15) is 16.7 Å². The van der Waals surface area contributed by atoms with E-state index in [0.717, 1.165) is 38.3 Å². The number of ether oxygens (including phenoxy) is 1. The number of benzene rings is 5. The van der Waals surface area contributed by atoms with E-state index >= 15 is 0 Å². The van der Waals surface area contributed by atoms with Gasteiger partial charge in [0.25, 0.3) is 0 Å². The molecule has 0 fully saturated rings. The molecule has 0 saturated carbocycles. The quantitative estimate of drug-likeness (QED) is 0.274. The van der Waals surface area contributed by atoms with E-state index in [1.165, 1.54) is 0 Å². The molecule has 2 aromatic heterocycles. The fourth-order valence-corrected chi connectivity index (χ4v) is 5.59. The first-order chi connectivity index (χ1) is 17.2. The van der Waals surface area contributed by atoms with Crippen molar-refractivity contribution in [3.63, 3.8) is 0 Å². The second-order valence-corrected chi connectivity index (χ2v) is 9.03. The van der Waals surface area contributed by atoms with Gasteiger partial charge in [-0.2, -0.15) is 0 Å². The lowest BCUT2D eigenvalue weighted by molar-refractivity contribution is 0.114. The van der Waals surface area contributed by atoms with Crippen molar-refractivity contribution in [1.82, 2.24) is 0 Å². The maximum absolute atomic E-state index is 12.8. The van der Waals surface area contributed by atoms with Crippen LogP contribution in [0.25, 0.3) is 43.9 Å². The molecule has 1 aliphatic rings. The molecule has 0 bridgehead atoms. The Bertz CT molecular complexity index is 1940. The molecule has 5 aromatic carbocycles. The minimum Gasteiger partial charge on any atom is -0.456 e. The number of furan rings is 2. The van der Waals surface area contributed by atoms with Crippen LogP contribution in [0.15, 0.2) is 112 Å². The number of hydrogen-bond acceptors (Lipinski definition) is 4. The van der Waals surface area contributed by atoms with Crippen molar-refractivity contribution in [2.45, 2.75) is 5.60 Å². The Morgan fingerprint density at radius 3 is 2.06 bits per heavy atom. The maximum atomic E-state index is 12.8. The van der Waals surface area contributed by atoms with Crippen LogP contribution in [-0.2, 0) is 5.60 Å². The van der Waals surface area contributed by atoms with Gasteiger partial charge in [-0.25, -0.2) is 0 Å². The topological polar surface area (TPSA) is 55.7 Å². The van der Waals surface area contributed by atoms with Crippen LogP contribution in [0.4, 0.5) is 0 Å². The maximum Gasteiger partial charge on any atom is 0.148 e. The molecule has 4 heteroatoms. The SMILES string of the molecule is OC1(c2ccccc2)c2cc3oc4ccccc4c3cc2Oc2ccc3oc4ccccc4c3c21. The summed E-state index contributed by atoms with van der Waals surface area (Å²) in [5, 5.41) is 16.5. The van der Waals surface area contributed by atoms with E-state index in [4.69, 9.17) is 13.6 Å². The Morgan fingerprint density at radius 2 is 1.23 bits per heavy atom. The Kier molecular flexibility index (Phi) is 3.51. The Hall–Kier alpha value is -4.54. The van der Waals surface area contributed by atoms with Crippen molar-refractivity contribution in [1.29, 1.82) is 0 Å². The normalized spacial score (nSPS) is 17.1. The average Bonchev–Trinajstić information content (AvgIpc) is 3.46. The predicted molar refractivity (Wildman–Crippen MR) is 136 cm³/mol. The zero-order valence-corrected chi connectivity index (χ0v) is 18.5. The van der Waals surface area contributed by atoms with Crippen molar-refractivity contribution in [2.75, 3.05) is 0 Å². The van der Waals surface area contributed by atoms with Gasteiger partial charge >= 0.3 is 0 Å². The van der Waals surface area contributed by atoms with Crippen LogP contribution in [-0.4, -0.2) is 5.11 Å². The molecule has 4 nitrogen and oxygen atoms in total. The van der Waals surface area contributed by atoms with Crippen molar-refractivity contribution in [3.05, 3.63) is 120 Å². The van der Waals surface area contributed by atoms with E-state index in [9.17, 15) is 5.11 Å². The summed E-state index contributed by atoms with van der Waals surface area (Å²) in [6.07, 6.45) is 0. The monoisotopic (exact) mass is 454 g/mol. The molecule has 0 amide bonds. The van der Waals surface area contributed by atoms with E-state index in [0.29, 0.717) is 33.8 Å². The van der Waals surface area contributed by atoms with Gasteiger partial charge in [0.1, 0.15) is 39.4 Å². The molecule has 1 unspecified atom stereocenters. The minimum absolute atomic E-state index is 0.607. The number of para-hydroxylation sites is 2. The second-order valence-electron chi connectivity index (χ2n) is 9.03. The lowest BCUT2D eigenvalue weighted by Crippen LogP contribution is -2.32. The van der Waals surface area contributed by atoms with Crippen LogP contribution in [0.5, 0.6) is 11.5 Å². The molecule has 1 N–H and O–H groups in total. The van der Waals surface area contributed by atoms with Crippen LogP contribution in [0.2, 0.25) is 0 Å². The average molecular weight is 454 g/mol. The van der Waals surface area contributed by atoms with Gasteiger partial charge in [0.05, 0.1) is 0 Å². The lowest BCUT2D eigenvalue weighted by Gasteiger charge is -2.37. The third-order valence-electron chi connectivity index (χ3n) is 7.15. The number of aliphatic hydroxyl groups is 1. The van der Waals surface area contributed by atoms with Gasteiger partial charge < -0.3 is 18.7 Å². The van der Waals surface area contributed by atoms with E-state index in [-0.39, 0.29) is 0 Å². The van der Waals surface area contributed by atoms with E-state index in [1.807, 2.05) is 103 Å². The highest BCUT2D eigenvalue weighted by Gasteiger charge is 2.45. The van der Waals surface area contributed by atoms with Crippen LogP contribution < -0.4 is 4.74 Å². The Balaban J connectivity index is 1.54. The molecule has 1 atom stereocenters. The molecule has 0 radical (unpaired) electrons. The largest absolute Gasteiger partial charge is 0.456 e. The first-order valence-corrected chi connectivity index (χ1v) is 11.6. The van der Waals surface area contributed by atoms with Gasteiger partial charge in [0, 0.05) is 32.7 Å². The van der Waals surface area contributed by atoms with Crippen LogP contribution >= 0.6 is 0 Å². The number of rotatable bonds is 1. The van der Waals surface area contributed by atoms with Gasteiger partial charge in [-0.15, -0.1) is 0 Å². The highest BCUT2D eigenvalue weighted by Crippen LogP contribution is 2.55. The molecule has 0 spiro atoms. The van der Waals surface area contributed by atoms with Gasteiger partial charge in [0.2, 0.25) is 0 Å². The molecule has 1 aliphatic heterocycles. The number of fused-ring (bicyclic) bond motifs is 9. The summed E-state index contributed by atoms with van der Waals surface area (Å²) >= 11 is 0. The molecule has 0 saturated heterocycles. The van der Waals surface area contributed by atoms with Gasteiger partial charge in [0.15, 0.2) is 0 Å². The van der Waals surface area contributed by atoms with E-state index in [1.54, 1.807) is 0 Å². The summed E-state index contributed by atoms with van der Waals surface area (Å²) in [5.74, 6) is 1.21. The minimum atomic E-state index is -1.48. The van der Waals surface area contributed by atoms with Crippen LogP contribution in [0, 0.1) is 0 Å². The van der Waals surface area contributed by atoms with Crippen molar-refractivity contribution >= 4 is 43.9 Å². The molecule has 0 aliphatic carbocycles. The zero-order chi connectivity index (χ0) is 23.1. The first kappa shape index (κ1) is 18.8. The van der Waals surface area contributed by atoms with E-state index in [2.05, 4.69) is 0 Å². The highest BCUT2D eigenvalue weighted by molar-refractivity contribution is 6.09. The summed E-state index contributed by atoms with van der Waals surface area (Å²) in [5.41, 5.74) is 3.56. The summed E-state index contributed by atoms with van der Waals surface area (Å²) in [6, 6.07) is 33.2. The predicted octanol–water partition coefficient (Wildman–Crippen LogP) is 7.88. The standard InChI is InChI=1S/C31H18O4/c32-31(18-8-2-1-3-9-18)22-17-27-21(19-10-4-6-12-23(19)34-27)16-28(22)35-26-15-14-25-29(30(26)31)20-11-5-7-13-24(20)33-25/h1-17,32H. The molecule has 3 heterocycles. The van der Waals surface area contributed by atoms with Crippen LogP contribution in [0.3, 0.4) is 0 Å². The zero-order valence-electron chi connectivity index (χ0n) is 18.5. The summed E-state index contributed by atoms with van der Waals surface area (Å²) in [4.78, 5) is 0. The third kappa shape index (κ3) is 2.39. The fourth-order valence-electron chi connectivity index (χ4n) is 5.59. The Labute approximate surface area is 199 Å². The van der Waals surface area contributed by atoms with Gasteiger partial charge in [-0.1, -0.05) is 66.7 Å². The summed E-state index contributed by atoms with van der Waals surface area (Å²) < 4.78 is 18.9. The first-order valence-electron chi connectivity index (χ1n) is 11.6. The van der Waals surface area contributed by atoms with Crippen molar-refractivity contribution < 1.29 is 18.7 Å². The van der Waals surface area contributed by atoms with Gasteiger partial charge in [-0.3, -0.25) is 0 Å². The smallest absolute Gasteiger partial charge is 0.148 e. The summed E-state index contributed by atoms with van der Waals surface area (Å²) in [7, 11) is 0. The van der Waals surface area contributed by atoms with E-state index < -0.39 is 5.60 Å². The molecule has 35 heavy (non-hydrogen) atoms. The number of hydrogen-bond donors (Lipinski definition) is 1. The fraction of sp³-hybridized carbons (Fsp3) is 0.0323. The summed E-state index contributed by atoms with van der Waals surface area (Å²) in [6.45, 7) is 0. The second kappa shape index (κ2) is 6.53. The lowest BCUT2D eigenvalue weighted by atomic mass is 9.76. The van der Waals surface area contributed by atoms with Crippen molar-refractivity contribution in [3.8, 4) is 11.5 Å². The highest BCUT2D eigenvalue weighted by atomic mass is 16.5. The molecule has 8 rings (SSSR count). The Morgan fingerprint density at radius 1 is 0.543 bits per heavy atom. The van der Waals surface area contributed by atoms with Crippen molar-refractivity contribution in [2.24, 2.45) is 0 Å². The third-order valence-corrected chi connectivity index (χ3v) is 7.15. The molecule has 7 aromatic rings. The molecular formula is C31H18O4. The van der Waals surface area contributed by atoms with Gasteiger partial charge in [-0.05, 0) is 42.0 Å². The molecule has 166 valence electrons. The molecular weight excluding hydrogens is 436 g/mol.